The van der Waals surface area contributed by atoms with Crippen molar-refractivity contribution in [3.8, 4) is 17.2 Å². The Kier molecular flexibility index (Phi) is 6.20. The Morgan fingerprint density at radius 3 is 2.77 bits per heavy atom. The van der Waals surface area contributed by atoms with Crippen LogP contribution in [0.15, 0.2) is 48.7 Å². The number of hydrogen-bond acceptors (Lipinski definition) is 5. The number of hydrogen-bond donors (Lipinski definition) is 1. The summed E-state index contributed by atoms with van der Waals surface area (Å²) in [5.74, 6) is 0.803. The number of aromatic nitrogens is 1. The fourth-order valence-corrected chi connectivity index (χ4v) is 5.51. The van der Waals surface area contributed by atoms with Gasteiger partial charge < -0.3 is 9.84 Å². The lowest BCUT2D eigenvalue weighted by atomic mass is 9.61. The minimum atomic E-state index is -0.112. The van der Waals surface area contributed by atoms with Gasteiger partial charge in [-0.25, -0.2) is 0 Å². The van der Waals surface area contributed by atoms with E-state index in [9.17, 15) is 15.2 Å². The van der Waals surface area contributed by atoms with Crippen LogP contribution in [0.5, 0.6) is 0 Å². The van der Waals surface area contributed by atoms with E-state index in [-0.39, 0.29) is 36.4 Å². The molecule has 160 valence electrons. The van der Waals surface area contributed by atoms with E-state index in [2.05, 4.69) is 24.1 Å². The van der Waals surface area contributed by atoms with Gasteiger partial charge in [0.05, 0.1) is 23.2 Å². The number of fused-ring (bicyclic) bond motifs is 1. The number of carbonyl (C=O) groups excluding carboxylic acids is 1. The van der Waals surface area contributed by atoms with Crippen LogP contribution in [0.4, 0.5) is 0 Å². The molecule has 1 aromatic heterocycles. The van der Waals surface area contributed by atoms with E-state index in [1.165, 1.54) is 0 Å². The highest BCUT2D eigenvalue weighted by Gasteiger charge is 2.52. The fourth-order valence-electron chi connectivity index (χ4n) is 5.51. The maximum Gasteiger partial charge on any atom is 0.309 e. The number of pyridine rings is 1. The van der Waals surface area contributed by atoms with E-state index >= 15 is 0 Å². The number of aliphatic hydroxyl groups is 1. The van der Waals surface area contributed by atoms with E-state index in [1.54, 1.807) is 12.3 Å². The van der Waals surface area contributed by atoms with Crippen LogP contribution in [0.2, 0.25) is 0 Å². The minimum Gasteiger partial charge on any atom is -0.462 e. The number of allylic oxidation sites excluding steroid dienone is 1. The maximum atomic E-state index is 12.3. The average Bonchev–Trinajstić information content (AvgIpc) is 3.07. The van der Waals surface area contributed by atoms with Gasteiger partial charge in [-0.05, 0) is 55.7 Å². The number of aliphatic hydroxyl groups excluding tert-OH is 1. The molecule has 1 saturated heterocycles. The number of nitriles is 1. The number of carbonyl (C=O) groups is 1. The summed E-state index contributed by atoms with van der Waals surface area (Å²) in [5.41, 5.74) is 3.23. The van der Waals surface area contributed by atoms with Crippen molar-refractivity contribution in [1.82, 2.24) is 4.98 Å². The maximum absolute atomic E-state index is 12.3. The molecule has 1 aliphatic carbocycles. The molecule has 1 N–H and O–H groups in total. The van der Waals surface area contributed by atoms with Gasteiger partial charge in [0.15, 0.2) is 0 Å². The molecule has 0 spiro atoms. The van der Waals surface area contributed by atoms with Crippen molar-refractivity contribution < 1.29 is 14.6 Å². The summed E-state index contributed by atoms with van der Waals surface area (Å²) < 4.78 is 5.57. The summed E-state index contributed by atoms with van der Waals surface area (Å²) in [5, 5.41) is 19.0. The number of rotatable bonds is 5. The third-order valence-electron chi connectivity index (χ3n) is 7.00. The zero-order chi connectivity index (χ0) is 22.0. The quantitative estimate of drug-likeness (QED) is 0.728. The molecule has 1 aromatic carbocycles. The van der Waals surface area contributed by atoms with E-state index in [0.717, 1.165) is 29.7 Å². The smallest absolute Gasteiger partial charge is 0.309 e. The summed E-state index contributed by atoms with van der Waals surface area (Å²) in [7, 11) is 0. The summed E-state index contributed by atoms with van der Waals surface area (Å²) in [6.45, 7) is 4.30. The molecular weight excluding hydrogens is 388 g/mol. The van der Waals surface area contributed by atoms with Crippen LogP contribution < -0.4 is 0 Å². The van der Waals surface area contributed by atoms with E-state index in [1.807, 2.05) is 43.3 Å². The lowest BCUT2D eigenvalue weighted by Crippen LogP contribution is -2.41. The molecule has 5 nitrogen and oxygen atoms in total. The Balaban J connectivity index is 1.59. The van der Waals surface area contributed by atoms with Gasteiger partial charge >= 0.3 is 5.97 Å². The molecular formula is C26H28N2O3. The first-order valence-corrected chi connectivity index (χ1v) is 11.0. The second-order valence-electron chi connectivity index (χ2n) is 8.78. The second kappa shape index (κ2) is 9.03. The van der Waals surface area contributed by atoms with Crippen LogP contribution in [0, 0.1) is 40.9 Å². The minimum absolute atomic E-state index is 0.0626. The molecule has 0 amide bonds. The van der Waals surface area contributed by atoms with Crippen molar-refractivity contribution in [2.24, 2.45) is 29.6 Å². The van der Waals surface area contributed by atoms with Gasteiger partial charge in [-0.2, -0.15) is 5.26 Å². The highest BCUT2D eigenvalue weighted by molar-refractivity contribution is 5.75. The van der Waals surface area contributed by atoms with Crippen LogP contribution in [0.3, 0.4) is 0 Å². The Morgan fingerprint density at radius 1 is 1.26 bits per heavy atom. The average molecular weight is 417 g/mol. The molecule has 31 heavy (non-hydrogen) atoms. The molecule has 0 bridgehead atoms. The van der Waals surface area contributed by atoms with Crippen molar-refractivity contribution in [2.45, 2.75) is 32.8 Å². The van der Waals surface area contributed by atoms with Gasteiger partial charge in [0.25, 0.3) is 0 Å². The summed E-state index contributed by atoms with van der Waals surface area (Å²) in [6, 6.07) is 13.6. The van der Waals surface area contributed by atoms with Crippen LogP contribution in [0.1, 0.15) is 37.9 Å². The van der Waals surface area contributed by atoms with Gasteiger partial charge in [-0.15, -0.1) is 0 Å². The summed E-state index contributed by atoms with van der Waals surface area (Å²) in [4.78, 5) is 16.9. The van der Waals surface area contributed by atoms with Crippen molar-refractivity contribution in [1.29, 1.82) is 5.26 Å². The van der Waals surface area contributed by atoms with Gasteiger partial charge in [0.1, 0.15) is 6.10 Å². The topological polar surface area (TPSA) is 83.2 Å². The largest absolute Gasteiger partial charge is 0.462 e. The van der Waals surface area contributed by atoms with Crippen molar-refractivity contribution in [2.75, 3.05) is 6.61 Å². The molecule has 1 saturated carbocycles. The lowest BCUT2D eigenvalue weighted by molar-refractivity contribution is -0.144. The second-order valence-corrected chi connectivity index (χ2v) is 8.78. The zero-order valence-electron chi connectivity index (χ0n) is 17.9. The molecule has 5 heteroatoms. The van der Waals surface area contributed by atoms with Crippen molar-refractivity contribution >= 4 is 12.0 Å². The molecule has 0 unspecified atom stereocenters. The molecule has 0 radical (unpaired) electrons. The zero-order valence-corrected chi connectivity index (χ0v) is 17.9. The SMILES string of the molecule is C[C@H]1C[C@H]2C(=O)O[C@H](C)[C@H]2[C@@H](C=Cc2ccc(-c3ccccc3C#N)cn2)[C@@H]1CCO. The fraction of sp³-hybridized carbons (Fsp3) is 0.423. The first-order valence-electron chi connectivity index (χ1n) is 11.0. The van der Waals surface area contributed by atoms with Gasteiger partial charge in [0, 0.05) is 29.8 Å². The first-order chi connectivity index (χ1) is 15.0. The van der Waals surface area contributed by atoms with Gasteiger partial charge in [0.2, 0.25) is 0 Å². The standard InChI is InChI=1S/C26H28N2O3/c1-16-13-24-25(17(2)31-26(24)30)23(21(16)11-12-29)10-9-20-8-7-19(15-28-20)22-6-4-3-5-18(22)14-27/h3-10,15-17,21,23-25,29H,11-13H2,1-2H3/t16-,17+,21+,23-,24+,25-/m0/s1. The third-order valence-corrected chi connectivity index (χ3v) is 7.00. The van der Waals surface area contributed by atoms with Gasteiger partial charge in [-0.1, -0.05) is 37.3 Å². The molecule has 2 heterocycles. The molecule has 6 atom stereocenters. The van der Waals surface area contributed by atoms with Crippen molar-refractivity contribution in [3.05, 3.63) is 59.9 Å². The van der Waals surface area contributed by atoms with E-state index < -0.39 is 0 Å². The summed E-state index contributed by atoms with van der Waals surface area (Å²) >= 11 is 0. The van der Waals surface area contributed by atoms with Crippen LogP contribution in [-0.2, 0) is 9.53 Å². The number of benzene rings is 1. The molecule has 2 aromatic rings. The predicted molar refractivity (Wildman–Crippen MR) is 118 cm³/mol. The van der Waals surface area contributed by atoms with E-state index in [0.29, 0.717) is 17.4 Å². The molecule has 2 aliphatic rings. The normalized spacial score (nSPS) is 30.1. The third kappa shape index (κ3) is 4.13. The van der Waals surface area contributed by atoms with Gasteiger partial charge in [-0.3, -0.25) is 9.78 Å². The first kappa shape index (κ1) is 21.3. The highest BCUT2D eigenvalue weighted by Crippen LogP contribution is 2.50. The Labute approximate surface area is 183 Å². The van der Waals surface area contributed by atoms with Crippen LogP contribution >= 0.6 is 0 Å². The predicted octanol–water partition coefficient (Wildman–Crippen LogP) is 4.47. The van der Waals surface area contributed by atoms with Crippen LogP contribution in [-0.4, -0.2) is 28.8 Å². The van der Waals surface area contributed by atoms with Crippen LogP contribution in [0.25, 0.3) is 17.2 Å². The Bertz CT molecular complexity index is 1010. The molecule has 2 fully saturated rings. The van der Waals surface area contributed by atoms with E-state index in [4.69, 9.17) is 4.74 Å². The molecule has 1 aliphatic heterocycles. The number of nitrogens with zero attached hydrogens (tertiary/aromatic N) is 2. The monoisotopic (exact) mass is 416 g/mol. The number of cyclic esters (lactones) is 1. The number of esters is 1. The van der Waals surface area contributed by atoms with Crippen molar-refractivity contribution in [3.63, 3.8) is 0 Å². The Hall–Kier alpha value is -2.97. The Morgan fingerprint density at radius 2 is 2.06 bits per heavy atom. The lowest BCUT2D eigenvalue weighted by Gasteiger charge is -2.42. The molecule has 4 rings (SSSR count). The highest BCUT2D eigenvalue weighted by atomic mass is 16.6. The summed E-state index contributed by atoms with van der Waals surface area (Å²) in [6.07, 6.45) is 7.40. The number of ether oxygens (including phenoxy) is 1.